The molecule has 0 saturated carbocycles. The summed E-state index contributed by atoms with van der Waals surface area (Å²) >= 11 is 0. The Kier molecular flexibility index (Phi) is 6.93. The lowest BCUT2D eigenvalue weighted by Crippen LogP contribution is -2.19. The second kappa shape index (κ2) is 9.81. The second-order valence-corrected chi connectivity index (χ2v) is 7.27. The fourth-order valence-electron chi connectivity index (χ4n) is 3.48. The molecule has 2 unspecified atom stereocenters. The molecule has 8 nitrogen and oxygen atoms in total. The van der Waals surface area contributed by atoms with E-state index in [1.807, 2.05) is 43.4 Å². The van der Waals surface area contributed by atoms with Gasteiger partial charge in [-0.2, -0.15) is 15.2 Å². The van der Waals surface area contributed by atoms with Crippen LogP contribution in [0.3, 0.4) is 0 Å². The zero-order valence-electron chi connectivity index (χ0n) is 18.2. The van der Waals surface area contributed by atoms with Crippen LogP contribution in [0, 0.1) is 18.3 Å². The lowest BCUT2D eigenvalue weighted by atomic mass is 9.97. The molecular formula is C24H27N7O. The maximum Gasteiger partial charge on any atom is 0.224 e. The first kappa shape index (κ1) is 22.6. The first-order chi connectivity index (χ1) is 15.4. The lowest BCUT2D eigenvalue weighted by molar-refractivity contribution is 0.387. The van der Waals surface area contributed by atoms with Crippen molar-refractivity contribution in [2.75, 3.05) is 23.3 Å². The molecule has 0 amide bonds. The summed E-state index contributed by atoms with van der Waals surface area (Å²) in [6, 6.07) is 10.1. The molecule has 1 aromatic heterocycles. The van der Waals surface area contributed by atoms with Gasteiger partial charge in [-0.15, -0.1) is 0 Å². The minimum Gasteiger partial charge on any atom is -0.398 e. The van der Waals surface area contributed by atoms with Crippen LogP contribution >= 0.6 is 0 Å². The summed E-state index contributed by atoms with van der Waals surface area (Å²) in [6.07, 6.45) is 6.97. The van der Waals surface area contributed by atoms with E-state index in [9.17, 15) is 5.26 Å². The normalized spacial score (nSPS) is 18.7. The van der Waals surface area contributed by atoms with Crippen LogP contribution in [-0.2, 0) is 4.74 Å². The molecule has 2 heterocycles. The van der Waals surface area contributed by atoms with E-state index < -0.39 is 0 Å². The molecule has 1 fully saturated rings. The predicted octanol–water partition coefficient (Wildman–Crippen LogP) is 3.27. The van der Waals surface area contributed by atoms with Crippen molar-refractivity contribution in [1.29, 1.82) is 5.26 Å². The van der Waals surface area contributed by atoms with Crippen LogP contribution in [0.15, 0.2) is 72.0 Å². The number of nitrogens with two attached hydrogens (primary N) is 3. The number of nitrogens with one attached hydrogen (secondary N) is 1. The molecule has 164 valence electrons. The first-order valence-corrected chi connectivity index (χ1v) is 10.1. The van der Waals surface area contributed by atoms with E-state index >= 15 is 0 Å². The van der Waals surface area contributed by atoms with Crippen LogP contribution in [0.2, 0.25) is 0 Å². The summed E-state index contributed by atoms with van der Waals surface area (Å²) < 4.78 is 6.06. The number of nitrogen functional groups attached to an aromatic ring is 2. The van der Waals surface area contributed by atoms with Crippen LogP contribution in [0.4, 0.5) is 17.6 Å². The zero-order valence-corrected chi connectivity index (χ0v) is 18.2. The highest BCUT2D eigenvalue weighted by Crippen LogP contribution is 2.45. The number of aromatic nitrogens is 2. The van der Waals surface area contributed by atoms with Crippen LogP contribution in [0.25, 0.3) is 0 Å². The maximum absolute atomic E-state index is 9.45. The van der Waals surface area contributed by atoms with Crippen molar-refractivity contribution >= 4 is 17.6 Å². The standard InChI is InChI=1S/C24H27N7O/c1-4-6-10-15(5-2)19(26)18(21-20(32-21)16-11-8-7-9-14(16)3)13-29-23-17(12-25)22(27)30-24(28)31-23/h4-11,20-21H,1,13,26H2,2-3H3,(H5,27,28,29,30,31)/b10-6-,15-5+,19-18-. The Morgan fingerprint density at radius 1 is 1.31 bits per heavy atom. The molecule has 0 spiro atoms. The fourth-order valence-corrected chi connectivity index (χ4v) is 3.48. The molecule has 8 heteroatoms. The van der Waals surface area contributed by atoms with Gasteiger partial charge in [0.1, 0.15) is 29.7 Å². The first-order valence-electron chi connectivity index (χ1n) is 10.1. The SMILES string of the molecule is C=C\C=C/C(=C\C)C(/N)=C(\CNc1nc(N)nc(N)c1C#N)C1OC1c1ccccc1C. The molecule has 1 aliphatic heterocycles. The Balaban J connectivity index is 1.97. The van der Waals surface area contributed by atoms with E-state index in [-0.39, 0.29) is 41.9 Å². The molecule has 32 heavy (non-hydrogen) atoms. The fraction of sp³-hybridized carbons (Fsp3) is 0.208. The Morgan fingerprint density at radius 2 is 2.06 bits per heavy atom. The van der Waals surface area contributed by atoms with Gasteiger partial charge in [-0.25, -0.2) is 0 Å². The van der Waals surface area contributed by atoms with Crippen LogP contribution in [0.1, 0.15) is 29.7 Å². The van der Waals surface area contributed by atoms with E-state index in [1.165, 1.54) is 0 Å². The van der Waals surface area contributed by atoms with Crippen molar-refractivity contribution < 1.29 is 4.74 Å². The van der Waals surface area contributed by atoms with Gasteiger partial charge in [0, 0.05) is 17.8 Å². The Labute approximate surface area is 187 Å². The summed E-state index contributed by atoms with van der Waals surface area (Å²) in [5, 5.41) is 12.6. The summed E-state index contributed by atoms with van der Waals surface area (Å²) in [6.45, 7) is 7.96. The van der Waals surface area contributed by atoms with Gasteiger partial charge in [0.15, 0.2) is 5.82 Å². The number of nitrogens with zero attached hydrogens (tertiary/aromatic N) is 3. The number of benzene rings is 1. The van der Waals surface area contributed by atoms with Gasteiger partial charge >= 0.3 is 0 Å². The average molecular weight is 430 g/mol. The molecule has 1 saturated heterocycles. The number of hydrogen-bond donors (Lipinski definition) is 4. The van der Waals surface area contributed by atoms with E-state index in [4.69, 9.17) is 21.9 Å². The molecular weight excluding hydrogens is 402 g/mol. The second-order valence-electron chi connectivity index (χ2n) is 7.27. The number of aryl methyl sites for hydroxylation is 1. The smallest absolute Gasteiger partial charge is 0.224 e. The van der Waals surface area contributed by atoms with Crippen LogP contribution in [0.5, 0.6) is 0 Å². The number of anilines is 3. The number of ether oxygens (including phenoxy) is 1. The molecule has 3 rings (SSSR count). The average Bonchev–Trinajstić information content (AvgIpc) is 3.54. The summed E-state index contributed by atoms with van der Waals surface area (Å²) in [5.74, 6) is 0.245. The summed E-state index contributed by atoms with van der Waals surface area (Å²) in [4.78, 5) is 7.97. The van der Waals surface area contributed by atoms with Crippen molar-refractivity contribution in [2.24, 2.45) is 5.73 Å². The molecule has 0 radical (unpaired) electrons. The van der Waals surface area contributed by atoms with Gasteiger partial charge in [0.2, 0.25) is 5.95 Å². The van der Waals surface area contributed by atoms with Crippen LogP contribution < -0.4 is 22.5 Å². The minimum absolute atomic E-state index is 0.0181. The molecule has 7 N–H and O–H groups in total. The zero-order chi connectivity index (χ0) is 23.3. The molecule has 1 aromatic carbocycles. The largest absolute Gasteiger partial charge is 0.398 e. The van der Waals surface area contributed by atoms with Gasteiger partial charge in [-0.05, 0) is 30.5 Å². The predicted molar refractivity (Wildman–Crippen MR) is 127 cm³/mol. The number of epoxide rings is 1. The third-order valence-corrected chi connectivity index (χ3v) is 5.22. The summed E-state index contributed by atoms with van der Waals surface area (Å²) in [7, 11) is 0. The molecule has 2 atom stereocenters. The van der Waals surface area contributed by atoms with E-state index in [1.54, 1.807) is 6.08 Å². The quantitative estimate of drug-likeness (QED) is 0.368. The van der Waals surface area contributed by atoms with Gasteiger partial charge in [0.25, 0.3) is 0 Å². The topological polar surface area (TPSA) is 152 Å². The van der Waals surface area contributed by atoms with Gasteiger partial charge < -0.3 is 27.3 Å². The van der Waals surface area contributed by atoms with Crippen molar-refractivity contribution in [3.63, 3.8) is 0 Å². The van der Waals surface area contributed by atoms with Gasteiger partial charge in [-0.1, -0.05) is 55.1 Å². The molecule has 1 aliphatic rings. The van der Waals surface area contributed by atoms with Gasteiger partial charge in [0.05, 0.1) is 0 Å². The van der Waals surface area contributed by atoms with E-state index in [2.05, 4.69) is 40.9 Å². The Hall–Kier alpha value is -4.09. The maximum atomic E-state index is 9.45. The monoisotopic (exact) mass is 429 g/mol. The Morgan fingerprint density at radius 3 is 2.72 bits per heavy atom. The van der Waals surface area contributed by atoms with Crippen molar-refractivity contribution in [3.8, 4) is 6.07 Å². The number of rotatable bonds is 8. The van der Waals surface area contributed by atoms with E-state index in [0.29, 0.717) is 5.70 Å². The van der Waals surface area contributed by atoms with Crippen molar-refractivity contribution in [1.82, 2.24) is 9.97 Å². The number of hydrogen-bond acceptors (Lipinski definition) is 8. The van der Waals surface area contributed by atoms with Crippen molar-refractivity contribution in [2.45, 2.75) is 26.1 Å². The summed E-state index contributed by atoms with van der Waals surface area (Å²) in [5.41, 5.74) is 22.8. The third-order valence-electron chi connectivity index (χ3n) is 5.22. The third kappa shape index (κ3) is 4.79. The lowest BCUT2D eigenvalue weighted by Gasteiger charge is -2.14. The number of allylic oxidation sites excluding steroid dienone is 4. The molecule has 0 aliphatic carbocycles. The van der Waals surface area contributed by atoms with Gasteiger partial charge in [-0.3, -0.25) is 0 Å². The highest BCUT2D eigenvalue weighted by molar-refractivity contribution is 5.65. The highest BCUT2D eigenvalue weighted by Gasteiger charge is 2.44. The highest BCUT2D eigenvalue weighted by atomic mass is 16.6. The number of nitriles is 1. The molecule has 0 bridgehead atoms. The molecule has 2 aromatic rings. The van der Waals surface area contributed by atoms with Crippen LogP contribution in [-0.4, -0.2) is 22.6 Å². The minimum atomic E-state index is -0.224. The van der Waals surface area contributed by atoms with Crippen molar-refractivity contribution in [3.05, 3.63) is 88.7 Å². The Bertz CT molecular complexity index is 1160. The van der Waals surface area contributed by atoms with E-state index in [0.717, 1.165) is 22.3 Å².